The van der Waals surface area contributed by atoms with Gasteiger partial charge in [-0.15, -0.1) is 0 Å². The maximum absolute atomic E-state index is 4.35. The van der Waals surface area contributed by atoms with Crippen LogP contribution in [0.4, 0.5) is 0 Å². The predicted molar refractivity (Wildman–Crippen MR) is 77.3 cm³/mol. The molecule has 0 fully saturated rings. The van der Waals surface area contributed by atoms with Gasteiger partial charge in [-0.25, -0.2) is 0 Å². The Morgan fingerprint density at radius 1 is 1.24 bits per heavy atom. The number of hydrogen-bond donors (Lipinski definition) is 0. The summed E-state index contributed by atoms with van der Waals surface area (Å²) in [5.74, 6) is 0.995. The largest absolute Gasteiger partial charge is 0.356 e. The molecule has 0 saturated carbocycles. The van der Waals surface area contributed by atoms with E-state index in [0.29, 0.717) is 0 Å². The van der Waals surface area contributed by atoms with E-state index >= 15 is 0 Å². The van der Waals surface area contributed by atoms with Crippen molar-refractivity contribution in [3.8, 4) is 0 Å². The molecule has 4 nitrogen and oxygen atoms in total. The summed E-state index contributed by atoms with van der Waals surface area (Å²) >= 11 is 0. The third-order valence-corrected chi connectivity index (χ3v) is 2.55. The summed E-state index contributed by atoms with van der Waals surface area (Å²) in [6.45, 7) is 9.16. The fourth-order valence-corrected chi connectivity index (χ4v) is 1.55. The highest BCUT2D eigenvalue weighted by molar-refractivity contribution is 6.00. The van der Waals surface area contributed by atoms with Crippen LogP contribution >= 0.6 is 0 Å². The molecule has 0 aromatic rings. The minimum atomic E-state index is 0.766. The van der Waals surface area contributed by atoms with Gasteiger partial charge in [0.2, 0.25) is 0 Å². The number of aliphatic imine (C=N–C) groups is 2. The van der Waals surface area contributed by atoms with Gasteiger partial charge >= 0.3 is 0 Å². The molecule has 0 atom stereocenters. The molecule has 4 heteroatoms. The zero-order valence-electron chi connectivity index (χ0n) is 11.9. The molecule has 0 rings (SSSR count). The fourth-order valence-electron chi connectivity index (χ4n) is 1.55. The summed E-state index contributed by atoms with van der Waals surface area (Å²) in [6, 6.07) is 0. The molecular formula is C13H26N4. The van der Waals surface area contributed by atoms with E-state index in [1.165, 1.54) is 0 Å². The highest BCUT2D eigenvalue weighted by atomic mass is 15.2. The molecule has 98 valence electrons. The first-order chi connectivity index (χ1) is 8.06. The molecule has 0 bridgehead atoms. The number of hydrogen-bond acceptors (Lipinski definition) is 3. The molecule has 0 aliphatic carbocycles. The van der Waals surface area contributed by atoms with E-state index in [4.69, 9.17) is 0 Å². The van der Waals surface area contributed by atoms with Crippen LogP contribution in [0.1, 0.15) is 13.3 Å². The molecule has 0 aromatic heterocycles. The molecular weight excluding hydrogens is 212 g/mol. The van der Waals surface area contributed by atoms with Gasteiger partial charge in [0.1, 0.15) is 5.84 Å². The smallest absolute Gasteiger partial charge is 0.126 e. The van der Waals surface area contributed by atoms with E-state index in [9.17, 15) is 0 Å². The molecule has 0 aliphatic rings. The van der Waals surface area contributed by atoms with Gasteiger partial charge in [-0.1, -0.05) is 6.58 Å². The monoisotopic (exact) mass is 238 g/mol. The van der Waals surface area contributed by atoms with Crippen LogP contribution in [0.3, 0.4) is 0 Å². The van der Waals surface area contributed by atoms with Gasteiger partial charge in [0, 0.05) is 46.4 Å². The zero-order valence-corrected chi connectivity index (χ0v) is 11.9. The van der Waals surface area contributed by atoms with Gasteiger partial charge in [0.25, 0.3) is 0 Å². The highest BCUT2D eigenvalue weighted by Crippen LogP contribution is 2.05. The fraction of sp³-hybridized carbons (Fsp3) is 0.692. The van der Waals surface area contributed by atoms with Gasteiger partial charge in [-0.3, -0.25) is 4.99 Å². The summed E-state index contributed by atoms with van der Waals surface area (Å²) in [5, 5.41) is 0. The van der Waals surface area contributed by atoms with Crippen LogP contribution < -0.4 is 0 Å². The lowest BCUT2D eigenvalue weighted by Gasteiger charge is -2.26. The average molecular weight is 238 g/mol. The van der Waals surface area contributed by atoms with Gasteiger partial charge in [0.15, 0.2) is 0 Å². The van der Waals surface area contributed by atoms with E-state index < -0.39 is 0 Å². The van der Waals surface area contributed by atoms with Crippen molar-refractivity contribution in [2.24, 2.45) is 9.98 Å². The standard InChI is InChI=1S/C13H26N4/c1-7-17(11-10-16(5)6)13(15-4)12(2)8-9-14-3/h9H,2,7-8,10-11H2,1,3-6H3/b14-9-,15-13+. The van der Waals surface area contributed by atoms with Crippen LogP contribution in [0.15, 0.2) is 22.1 Å². The number of nitrogens with zero attached hydrogens (tertiary/aromatic N) is 4. The Morgan fingerprint density at radius 2 is 1.88 bits per heavy atom. The van der Waals surface area contributed by atoms with E-state index in [-0.39, 0.29) is 0 Å². The summed E-state index contributed by atoms with van der Waals surface area (Å²) in [6.07, 6.45) is 2.63. The van der Waals surface area contributed by atoms with E-state index in [1.54, 1.807) is 7.05 Å². The predicted octanol–water partition coefficient (Wildman–Crippen LogP) is 1.55. The summed E-state index contributed by atoms with van der Waals surface area (Å²) in [5.41, 5.74) is 1.03. The molecule has 17 heavy (non-hydrogen) atoms. The molecule has 0 aromatic carbocycles. The first kappa shape index (κ1) is 15.8. The van der Waals surface area contributed by atoms with Crippen LogP contribution in [0, 0.1) is 0 Å². The van der Waals surface area contributed by atoms with Crippen LogP contribution in [-0.4, -0.2) is 69.7 Å². The summed E-state index contributed by atoms with van der Waals surface area (Å²) in [7, 11) is 7.76. The lowest BCUT2D eigenvalue weighted by Crippen LogP contribution is -2.37. The van der Waals surface area contributed by atoms with Gasteiger partial charge < -0.3 is 14.8 Å². The molecule has 0 unspecified atom stereocenters. The van der Waals surface area contributed by atoms with Crippen LogP contribution in [0.2, 0.25) is 0 Å². The van der Waals surface area contributed by atoms with Crippen LogP contribution in [0.25, 0.3) is 0 Å². The minimum absolute atomic E-state index is 0.766. The Kier molecular flexibility index (Phi) is 8.32. The Morgan fingerprint density at radius 3 is 2.29 bits per heavy atom. The Hall–Kier alpha value is -1.16. The van der Waals surface area contributed by atoms with Crippen molar-refractivity contribution in [1.82, 2.24) is 9.80 Å². The second-order valence-electron chi connectivity index (χ2n) is 4.18. The van der Waals surface area contributed by atoms with Gasteiger partial charge in [-0.05, 0) is 26.6 Å². The second kappa shape index (κ2) is 8.93. The molecule has 0 aliphatic heterocycles. The van der Waals surface area contributed by atoms with E-state index in [1.807, 2.05) is 13.3 Å². The zero-order chi connectivity index (χ0) is 13.3. The highest BCUT2D eigenvalue weighted by Gasteiger charge is 2.11. The lowest BCUT2D eigenvalue weighted by atomic mass is 10.2. The van der Waals surface area contributed by atoms with Crippen molar-refractivity contribution in [2.45, 2.75) is 13.3 Å². The van der Waals surface area contributed by atoms with Crippen LogP contribution in [-0.2, 0) is 0 Å². The molecule has 0 amide bonds. The molecule has 0 heterocycles. The number of amidine groups is 1. The van der Waals surface area contributed by atoms with Crippen molar-refractivity contribution in [1.29, 1.82) is 0 Å². The van der Waals surface area contributed by atoms with Crippen LogP contribution in [0.5, 0.6) is 0 Å². The maximum Gasteiger partial charge on any atom is 0.126 e. The third kappa shape index (κ3) is 6.22. The quantitative estimate of drug-likeness (QED) is 0.498. The lowest BCUT2D eigenvalue weighted by molar-refractivity contribution is 0.337. The van der Waals surface area contributed by atoms with E-state index in [0.717, 1.165) is 37.5 Å². The Bertz CT molecular complexity index is 279. The first-order valence-corrected chi connectivity index (χ1v) is 6.02. The molecule has 0 saturated heterocycles. The SMILES string of the molecule is C=C(C/C=N\C)/C(=N\C)N(CC)CCN(C)C. The first-order valence-electron chi connectivity index (χ1n) is 6.02. The van der Waals surface area contributed by atoms with Gasteiger partial charge in [0.05, 0.1) is 0 Å². The minimum Gasteiger partial charge on any atom is -0.356 e. The second-order valence-corrected chi connectivity index (χ2v) is 4.18. The number of rotatable bonds is 7. The topological polar surface area (TPSA) is 31.2 Å². The Balaban J connectivity index is 4.54. The maximum atomic E-state index is 4.35. The Labute approximate surface area is 106 Å². The molecule has 0 radical (unpaired) electrons. The summed E-state index contributed by atoms with van der Waals surface area (Å²) in [4.78, 5) is 12.8. The van der Waals surface area contributed by atoms with E-state index in [2.05, 4.69) is 47.4 Å². The summed E-state index contributed by atoms with van der Waals surface area (Å²) < 4.78 is 0. The normalized spacial score (nSPS) is 12.5. The van der Waals surface area contributed by atoms with Crippen molar-refractivity contribution in [3.05, 3.63) is 12.2 Å². The van der Waals surface area contributed by atoms with Crippen molar-refractivity contribution in [3.63, 3.8) is 0 Å². The third-order valence-electron chi connectivity index (χ3n) is 2.55. The number of likely N-dealkylation sites (N-methyl/N-ethyl adjacent to an activating group) is 2. The average Bonchev–Trinajstić information content (AvgIpc) is 2.31. The van der Waals surface area contributed by atoms with Gasteiger partial charge in [-0.2, -0.15) is 0 Å². The van der Waals surface area contributed by atoms with Crippen molar-refractivity contribution in [2.75, 3.05) is 47.8 Å². The molecule has 0 spiro atoms. The van der Waals surface area contributed by atoms with Crippen molar-refractivity contribution < 1.29 is 0 Å². The van der Waals surface area contributed by atoms with Crippen molar-refractivity contribution >= 4 is 12.1 Å². The molecule has 0 N–H and O–H groups in total.